The molecule has 1 aliphatic rings. The van der Waals surface area contributed by atoms with Crippen LogP contribution >= 0.6 is 0 Å². The SMILES string of the molecule is CCOc1ccc(/C(O)=C2\C(=O)C(=O)N(c3cccc(OCC)c3)C2c2ccncc2)cc1. The lowest BCUT2D eigenvalue weighted by molar-refractivity contribution is -0.132. The molecule has 2 aromatic carbocycles. The molecule has 1 aromatic heterocycles. The molecule has 0 saturated carbocycles. The van der Waals surface area contributed by atoms with Crippen molar-refractivity contribution in [3.05, 3.63) is 89.8 Å². The van der Waals surface area contributed by atoms with Crippen LogP contribution in [0.4, 0.5) is 5.69 Å². The Morgan fingerprint density at radius 2 is 1.61 bits per heavy atom. The lowest BCUT2D eigenvalue weighted by Crippen LogP contribution is -2.29. The first kappa shape index (κ1) is 22.1. The lowest BCUT2D eigenvalue weighted by atomic mass is 9.95. The maximum atomic E-state index is 13.2. The fourth-order valence-electron chi connectivity index (χ4n) is 3.88. The van der Waals surface area contributed by atoms with Gasteiger partial charge >= 0.3 is 0 Å². The monoisotopic (exact) mass is 444 g/mol. The third kappa shape index (κ3) is 4.30. The van der Waals surface area contributed by atoms with Crippen LogP contribution in [0.5, 0.6) is 11.5 Å². The molecule has 1 saturated heterocycles. The Morgan fingerprint density at radius 3 is 2.27 bits per heavy atom. The van der Waals surface area contributed by atoms with Gasteiger partial charge in [0.05, 0.1) is 24.8 Å². The molecule has 1 unspecified atom stereocenters. The molecule has 1 aliphatic heterocycles. The molecule has 0 aliphatic carbocycles. The van der Waals surface area contributed by atoms with Crippen molar-refractivity contribution in [1.82, 2.24) is 4.98 Å². The summed E-state index contributed by atoms with van der Waals surface area (Å²) in [5, 5.41) is 11.2. The quantitative estimate of drug-likeness (QED) is 0.328. The molecule has 168 valence electrons. The van der Waals surface area contributed by atoms with E-state index in [4.69, 9.17) is 9.47 Å². The summed E-state index contributed by atoms with van der Waals surface area (Å²) in [5.74, 6) is -0.505. The van der Waals surface area contributed by atoms with E-state index in [9.17, 15) is 14.7 Å². The number of nitrogens with zero attached hydrogens (tertiary/aromatic N) is 2. The van der Waals surface area contributed by atoms with Crippen LogP contribution in [0.15, 0.2) is 78.6 Å². The van der Waals surface area contributed by atoms with E-state index in [2.05, 4.69) is 4.98 Å². The topological polar surface area (TPSA) is 89.0 Å². The van der Waals surface area contributed by atoms with Crippen LogP contribution in [0.1, 0.15) is 31.0 Å². The Bertz CT molecular complexity index is 1190. The molecule has 7 nitrogen and oxygen atoms in total. The first-order valence-corrected chi connectivity index (χ1v) is 10.7. The molecule has 4 rings (SSSR count). The summed E-state index contributed by atoms with van der Waals surface area (Å²) in [7, 11) is 0. The number of ether oxygens (including phenoxy) is 2. The number of aliphatic hydroxyl groups is 1. The van der Waals surface area contributed by atoms with Crippen LogP contribution in [0.2, 0.25) is 0 Å². The number of hydrogen-bond acceptors (Lipinski definition) is 6. The summed E-state index contributed by atoms with van der Waals surface area (Å²) in [5.41, 5.74) is 1.57. The van der Waals surface area contributed by atoms with Crippen LogP contribution in [-0.4, -0.2) is 35.0 Å². The standard InChI is InChI=1S/C26H24N2O5/c1-3-32-20-10-8-18(9-11-20)24(29)22-23(17-12-14-27-15-13-17)28(26(31)25(22)30)19-6-5-7-21(16-19)33-4-2/h5-16,23,29H,3-4H2,1-2H3/b24-22+. The van der Waals surface area contributed by atoms with Crippen molar-refractivity contribution in [1.29, 1.82) is 0 Å². The number of benzene rings is 2. The highest BCUT2D eigenvalue weighted by Crippen LogP contribution is 2.42. The van der Waals surface area contributed by atoms with Gasteiger partial charge in [-0.3, -0.25) is 19.5 Å². The summed E-state index contributed by atoms with van der Waals surface area (Å²) in [6.45, 7) is 4.73. The Labute approximate surface area is 191 Å². The number of amides is 1. The minimum Gasteiger partial charge on any atom is -0.507 e. The largest absolute Gasteiger partial charge is 0.507 e. The fourth-order valence-corrected chi connectivity index (χ4v) is 3.88. The summed E-state index contributed by atoms with van der Waals surface area (Å²) >= 11 is 0. The second kappa shape index (κ2) is 9.56. The van der Waals surface area contributed by atoms with Gasteiger partial charge < -0.3 is 14.6 Å². The fraction of sp³-hybridized carbons (Fsp3) is 0.192. The van der Waals surface area contributed by atoms with E-state index in [0.29, 0.717) is 41.5 Å². The van der Waals surface area contributed by atoms with Crippen molar-refractivity contribution in [2.45, 2.75) is 19.9 Å². The van der Waals surface area contributed by atoms with Gasteiger partial charge in [-0.15, -0.1) is 0 Å². The van der Waals surface area contributed by atoms with E-state index in [1.54, 1.807) is 73.1 Å². The minimum absolute atomic E-state index is 0.0113. The van der Waals surface area contributed by atoms with E-state index in [1.165, 1.54) is 4.90 Å². The molecular formula is C26H24N2O5. The molecule has 1 N–H and O–H groups in total. The Balaban J connectivity index is 1.86. The number of aromatic nitrogens is 1. The van der Waals surface area contributed by atoms with E-state index in [-0.39, 0.29) is 11.3 Å². The molecular weight excluding hydrogens is 420 g/mol. The summed E-state index contributed by atoms with van der Waals surface area (Å²) < 4.78 is 11.0. The minimum atomic E-state index is -0.823. The Morgan fingerprint density at radius 1 is 0.939 bits per heavy atom. The molecule has 0 spiro atoms. The smallest absolute Gasteiger partial charge is 0.300 e. The first-order chi connectivity index (χ1) is 16.0. The number of anilines is 1. The predicted octanol–water partition coefficient (Wildman–Crippen LogP) is 4.51. The van der Waals surface area contributed by atoms with Crippen molar-refractivity contribution < 1.29 is 24.2 Å². The maximum absolute atomic E-state index is 13.2. The van der Waals surface area contributed by atoms with Gasteiger partial charge in [-0.05, 0) is 67.9 Å². The molecule has 1 atom stereocenters. The third-order valence-corrected chi connectivity index (χ3v) is 5.31. The number of Topliss-reactive ketones (excluding diaryl/α,β-unsaturated/α-hetero) is 1. The van der Waals surface area contributed by atoms with Gasteiger partial charge in [0.2, 0.25) is 0 Å². The normalized spacial score (nSPS) is 17.3. The van der Waals surface area contributed by atoms with Crippen LogP contribution in [-0.2, 0) is 9.59 Å². The van der Waals surface area contributed by atoms with Gasteiger partial charge in [0.15, 0.2) is 0 Å². The van der Waals surface area contributed by atoms with Crippen molar-refractivity contribution in [3.63, 3.8) is 0 Å². The van der Waals surface area contributed by atoms with Crippen LogP contribution in [0.25, 0.3) is 5.76 Å². The average Bonchev–Trinajstić information content (AvgIpc) is 3.11. The summed E-state index contributed by atoms with van der Waals surface area (Å²) in [6, 6.07) is 16.3. The number of rotatable bonds is 7. The average molecular weight is 444 g/mol. The Kier molecular flexibility index (Phi) is 6.40. The van der Waals surface area contributed by atoms with Crippen molar-refractivity contribution >= 4 is 23.1 Å². The number of carbonyl (C=O) groups is 2. The van der Waals surface area contributed by atoms with Gasteiger partial charge in [0.25, 0.3) is 11.7 Å². The Hall–Kier alpha value is -4.13. The highest BCUT2D eigenvalue weighted by Gasteiger charge is 2.47. The number of pyridine rings is 1. The molecule has 0 bridgehead atoms. The van der Waals surface area contributed by atoms with Crippen molar-refractivity contribution in [2.75, 3.05) is 18.1 Å². The van der Waals surface area contributed by atoms with E-state index >= 15 is 0 Å². The number of ketones is 1. The van der Waals surface area contributed by atoms with Gasteiger partial charge in [0, 0.05) is 29.7 Å². The van der Waals surface area contributed by atoms with Crippen molar-refractivity contribution in [2.24, 2.45) is 0 Å². The number of aliphatic hydroxyl groups excluding tert-OH is 1. The zero-order valence-corrected chi connectivity index (χ0v) is 18.4. The second-order valence-electron chi connectivity index (χ2n) is 7.34. The molecule has 1 fully saturated rings. The highest BCUT2D eigenvalue weighted by atomic mass is 16.5. The molecule has 0 radical (unpaired) electrons. The molecule has 3 aromatic rings. The first-order valence-electron chi connectivity index (χ1n) is 10.7. The third-order valence-electron chi connectivity index (χ3n) is 5.31. The van der Waals surface area contributed by atoms with Gasteiger partial charge in [0.1, 0.15) is 17.3 Å². The summed E-state index contributed by atoms with van der Waals surface area (Å²) in [6.07, 6.45) is 3.17. The second-order valence-corrected chi connectivity index (χ2v) is 7.34. The summed E-state index contributed by atoms with van der Waals surface area (Å²) in [4.78, 5) is 31.8. The predicted molar refractivity (Wildman–Crippen MR) is 124 cm³/mol. The molecule has 7 heteroatoms. The molecule has 1 amide bonds. The number of hydrogen-bond donors (Lipinski definition) is 1. The van der Waals surface area contributed by atoms with Crippen LogP contribution < -0.4 is 14.4 Å². The van der Waals surface area contributed by atoms with Gasteiger partial charge in [-0.1, -0.05) is 6.07 Å². The lowest BCUT2D eigenvalue weighted by Gasteiger charge is -2.25. The van der Waals surface area contributed by atoms with Gasteiger partial charge in [-0.25, -0.2) is 0 Å². The van der Waals surface area contributed by atoms with E-state index in [1.807, 2.05) is 13.8 Å². The van der Waals surface area contributed by atoms with Crippen LogP contribution in [0, 0.1) is 0 Å². The zero-order valence-electron chi connectivity index (χ0n) is 18.4. The zero-order chi connectivity index (χ0) is 23.4. The van der Waals surface area contributed by atoms with Gasteiger partial charge in [-0.2, -0.15) is 0 Å². The molecule has 33 heavy (non-hydrogen) atoms. The highest BCUT2D eigenvalue weighted by molar-refractivity contribution is 6.51. The molecule has 2 heterocycles. The van der Waals surface area contributed by atoms with Crippen molar-refractivity contribution in [3.8, 4) is 11.5 Å². The van der Waals surface area contributed by atoms with E-state index in [0.717, 1.165) is 0 Å². The maximum Gasteiger partial charge on any atom is 0.300 e. The van der Waals surface area contributed by atoms with Crippen LogP contribution in [0.3, 0.4) is 0 Å². The van der Waals surface area contributed by atoms with E-state index < -0.39 is 17.7 Å². The number of carbonyl (C=O) groups excluding carboxylic acids is 2.